The molecule has 1 heterocycles. The van der Waals surface area contributed by atoms with E-state index in [4.69, 9.17) is 0 Å². The first-order chi connectivity index (χ1) is 27.2. The van der Waals surface area contributed by atoms with Crippen LogP contribution in [-0.4, -0.2) is 12.6 Å². The van der Waals surface area contributed by atoms with Crippen LogP contribution >= 0.6 is 0 Å². The van der Waals surface area contributed by atoms with Crippen LogP contribution in [-0.2, 0) is 6.42 Å². The summed E-state index contributed by atoms with van der Waals surface area (Å²) in [6, 6.07) is 57.9. The SMILES string of the molecule is CC1C=Cc2c(c(-c3ccc4c(c3)c3ccccc3n4-c3ccccc3)c3ccccc3c2C#C[Si](C2=CC=CCC2)(c2ccccc2)c2ccccc2)C1. The van der Waals surface area contributed by atoms with Gasteiger partial charge in [-0.15, -0.1) is 5.54 Å². The summed E-state index contributed by atoms with van der Waals surface area (Å²) in [4.78, 5) is 0. The van der Waals surface area contributed by atoms with Crippen molar-refractivity contribution < 1.29 is 0 Å². The Morgan fingerprint density at radius 3 is 1.98 bits per heavy atom. The highest BCUT2D eigenvalue weighted by Crippen LogP contribution is 2.43. The molecule has 0 spiro atoms. The highest BCUT2D eigenvalue weighted by Gasteiger charge is 2.40. The van der Waals surface area contributed by atoms with Gasteiger partial charge in [0.2, 0.25) is 8.07 Å². The van der Waals surface area contributed by atoms with Crippen LogP contribution in [0.5, 0.6) is 0 Å². The van der Waals surface area contributed by atoms with Crippen molar-refractivity contribution in [2.75, 3.05) is 0 Å². The average molecular weight is 720 g/mol. The van der Waals surface area contributed by atoms with E-state index in [2.05, 4.69) is 211 Å². The lowest BCUT2D eigenvalue weighted by molar-refractivity contribution is 0.719. The van der Waals surface area contributed by atoms with Crippen LogP contribution in [0.3, 0.4) is 0 Å². The first kappa shape index (κ1) is 33.2. The Morgan fingerprint density at radius 1 is 0.636 bits per heavy atom. The van der Waals surface area contributed by atoms with Gasteiger partial charge in [0.05, 0.1) is 11.0 Å². The van der Waals surface area contributed by atoms with Gasteiger partial charge in [-0.25, -0.2) is 0 Å². The first-order valence-corrected chi connectivity index (χ1v) is 21.6. The van der Waals surface area contributed by atoms with E-state index in [0.29, 0.717) is 5.92 Å². The quantitative estimate of drug-likeness (QED) is 0.123. The van der Waals surface area contributed by atoms with E-state index in [0.717, 1.165) is 24.8 Å². The molecule has 0 radical (unpaired) electrons. The maximum Gasteiger partial charge on any atom is 0.226 e. The number of fused-ring (bicyclic) bond motifs is 5. The fourth-order valence-electron chi connectivity index (χ4n) is 9.22. The summed E-state index contributed by atoms with van der Waals surface area (Å²) >= 11 is 0. The summed E-state index contributed by atoms with van der Waals surface area (Å²) in [7, 11) is -2.71. The van der Waals surface area contributed by atoms with Crippen LogP contribution in [0, 0.1) is 17.4 Å². The largest absolute Gasteiger partial charge is 0.309 e. The van der Waals surface area contributed by atoms with Gasteiger partial charge in [-0.1, -0.05) is 176 Å². The molecule has 0 saturated carbocycles. The van der Waals surface area contributed by atoms with E-state index in [1.807, 2.05) is 0 Å². The molecule has 1 unspecified atom stereocenters. The maximum absolute atomic E-state index is 4.18. The van der Waals surface area contributed by atoms with Gasteiger partial charge in [0, 0.05) is 22.0 Å². The number of aromatic nitrogens is 1. The summed E-state index contributed by atoms with van der Waals surface area (Å²) in [6.45, 7) is 2.34. The van der Waals surface area contributed by atoms with Crippen molar-refractivity contribution in [3.8, 4) is 28.3 Å². The van der Waals surface area contributed by atoms with Crippen molar-refractivity contribution in [2.45, 2.75) is 26.2 Å². The lowest BCUT2D eigenvalue weighted by Gasteiger charge is -2.31. The van der Waals surface area contributed by atoms with Crippen LogP contribution < -0.4 is 10.4 Å². The second-order valence-electron chi connectivity index (χ2n) is 15.0. The number of rotatable bonds is 5. The van der Waals surface area contributed by atoms with E-state index in [1.165, 1.54) is 76.1 Å². The van der Waals surface area contributed by atoms with E-state index in [1.54, 1.807) is 0 Å². The van der Waals surface area contributed by atoms with Gasteiger partial charge < -0.3 is 4.57 Å². The molecule has 0 saturated heterocycles. The molecule has 0 amide bonds. The van der Waals surface area contributed by atoms with Crippen LogP contribution in [0.2, 0.25) is 0 Å². The molecule has 2 aliphatic rings. The molecule has 1 aromatic heterocycles. The van der Waals surface area contributed by atoms with Crippen molar-refractivity contribution >= 4 is 57.1 Å². The van der Waals surface area contributed by atoms with Crippen LogP contribution in [0.25, 0.3) is 55.5 Å². The minimum atomic E-state index is -2.71. The van der Waals surface area contributed by atoms with Gasteiger partial charge >= 0.3 is 0 Å². The van der Waals surface area contributed by atoms with E-state index >= 15 is 0 Å². The highest BCUT2D eigenvalue weighted by atomic mass is 28.3. The van der Waals surface area contributed by atoms with Gasteiger partial charge in [-0.2, -0.15) is 0 Å². The zero-order chi connectivity index (χ0) is 36.8. The smallest absolute Gasteiger partial charge is 0.226 e. The van der Waals surface area contributed by atoms with Crippen molar-refractivity contribution in [3.05, 3.63) is 204 Å². The third-order valence-corrected chi connectivity index (χ3v) is 16.0. The number of para-hydroxylation sites is 2. The molecule has 8 aromatic rings. The minimum Gasteiger partial charge on any atom is -0.309 e. The molecule has 55 heavy (non-hydrogen) atoms. The summed E-state index contributed by atoms with van der Waals surface area (Å²) in [6.07, 6.45) is 14.7. The molecule has 0 N–H and O–H groups in total. The molecule has 0 aliphatic heterocycles. The number of allylic oxidation sites excluding steroid dienone is 5. The monoisotopic (exact) mass is 719 g/mol. The van der Waals surface area contributed by atoms with E-state index in [-0.39, 0.29) is 0 Å². The normalized spacial score (nSPS) is 15.1. The molecular formula is C53H41NSi. The van der Waals surface area contributed by atoms with Gasteiger partial charge in [-0.3, -0.25) is 0 Å². The highest BCUT2D eigenvalue weighted by molar-refractivity contribution is 7.13. The fraction of sp³-hybridized carbons (Fsp3) is 0.0943. The number of hydrogen-bond donors (Lipinski definition) is 0. The van der Waals surface area contributed by atoms with Crippen molar-refractivity contribution in [3.63, 3.8) is 0 Å². The second kappa shape index (κ2) is 13.8. The number of benzene rings is 7. The summed E-state index contributed by atoms with van der Waals surface area (Å²) in [5.74, 6) is 4.44. The second-order valence-corrected chi connectivity index (χ2v) is 18.6. The Labute approximate surface area is 324 Å². The first-order valence-electron chi connectivity index (χ1n) is 19.6. The Kier molecular flexibility index (Phi) is 8.32. The van der Waals surface area contributed by atoms with Crippen molar-refractivity contribution in [2.24, 2.45) is 5.92 Å². The van der Waals surface area contributed by atoms with Gasteiger partial charge in [-0.05, 0) is 98.9 Å². The Bertz CT molecular complexity index is 2860. The van der Waals surface area contributed by atoms with Gasteiger partial charge in [0.15, 0.2) is 0 Å². The standard InChI is InChI=1S/C53H41NSi/c1-38-30-32-45-46(34-35-55(41-20-8-3-9-21-41,42-22-10-4-11-23-42)43-24-12-5-13-25-43)44-26-14-15-28-48(44)53(50(45)36-38)39-31-33-52-49(37-39)47-27-16-17-29-51(47)54(52)40-18-6-2-7-19-40/h2-12,14-24,26-33,37-38H,13,25,36H2,1H3. The fourth-order valence-corrected chi connectivity index (χ4v) is 13.3. The third kappa shape index (κ3) is 5.54. The molecule has 2 heteroatoms. The Balaban J connectivity index is 1.24. The molecule has 1 nitrogen and oxygen atoms in total. The number of hydrogen-bond acceptors (Lipinski definition) is 0. The van der Waals surface area contributed by atoms with Crippen LogP contribution in [0.15, 0.2) is 187 Å². The van der Waals surface area contributed by atoms with Crippen LogP contribution in [0.4, 0.5) is 0 Å². The van der Waals surface area contributed by atoms with Gasteiger partial charge in [0.1, 0.15) is 0 Å². The molecule has 1 atom stereocenters. The topological polar surface area (TPSA) is 4.93 Å². The van der Waals surface area contributed by atoms with Crippen LogP contribution in [0.1, 0.15) is 36.5 Å². The van der Waals surface area contributed by atoms with E-state index < -0.39 is 8.07 Å². The molecule has 0 bridgehead atoms. The summed E-state index contributed by atoms with van der Waals surface area (Å²) in [5, 5.41) is 9.19. The Hall–Kier alpha value is -6.40. The average Bonchev–Trinajstić information content (AvgIpc) is 3.58. The lowest BCUT2D eigenvalue weighted by Crippen LogP contribution is -2.59. The zero-order valence-corrected chi connectivity index (χ0v) is 32.0. The van der Waals surface area contributed by atoms with Crippen molar-refractivity contribution in [1.82, 2.24) is 4.57 Å². The molecule has 10 rings (SSSR count). The minimum absolute atomic E-state index is 0.429. The molecule has 7 aromatic carbocycles. The van der Waals surface area contributed by atoms with Crippen molar-refractivity contribution in [1.29, 1.82) is 0 Å². The molecule has 2 aliphatic carbocycles. The summed E-state index contributed by atoms with van der Waals surface area (Å²) in [5.41, 5.74) is 14.2. The molecule has 262 valence electrons. The lowest BCUT2D eigenvalue weighted by atomic mass is 9.79. The third-order valence-electron chi connectivity index (χ3n) is 11.7. The Morgan fingerprint density at radius 2 is 1.27 bits per heavy atom. The maximum atomic E-state index is 4.18. The predicted octanol–water partition coefficient (Wildman–Crippen LogP) is 11.8. The predicted molar refractivity (Wildman–Crippen MR) is 237 cm³/mol. The zero-order valence-electron chi connectivity index (χ0n) is 31.0. The molecular weight excluding hydrogens is 679 g/mol. The summed E-state index contributed by atoms with van der Waals surface area (Å²) < 4.78 is 2.40. The molecule has 0 fully saturated rings. The number of nitrogens with zero attached hydrogens (tertiary/aromatic N) is 1. The van der Waals surface area contributed by atoms with Gasteiger partial charge in [0.25, 0.3) is 0 Å². The van der Waals surface area contributed by atoms with E-state index in [9.17, 15) is 0 Å².